The molecule has 146 valence electrons. The fourth-order valence-electron chi connectivity index (χ4n) is 2.35. The second-order valence-corrected chi connectivity index (χ2v) is 7.20. The second-order valence-electron chi connectivity index (χ2n) is 5.43. The minimum Gasteiger partial charge on any atom is -0.496 e. The molecule has 28 heavy (non-hydrogen) atoms. The summed E-state index contributed by atoms with van der Waals surface area (Å²) >= 11 is 2.77. The molecule has 6 nitrogen and oxygen atoms in total. The van der Waals surface area contributed by atoms with Gasteiger partial charge in [-0.25, -0.2) is 13.8 Å². The topological polar surface area (TPSA) is 65.2 Å². The summed E-state index contributed by atoms with van der Waals surface area (Å²) in [6.45, 7) is 0. The van der Waals surface area contributed by atoms with E-state index in [1.165, 1.54) is 18.0 Å². The third-order valence-electron chi connectivity index (χ3n) is 3.65. The van der Waals surface area contributed by atoms with Gasteiger partial charge in [-0.2, -0.15) is 9.78 Å². The zero-order chi connectivity index (χ0) is 19.9. The van der Waals surface area contributed by atoms with Crippen molar-refractivity contribution in [3.05, 3.63) is 59.5 Å². The molecular formula is C18H17F2N5OS2. The van der Waals surface area contributed by atoms with E-state index >= 15 is 0 Å². The molecule has 0 saturated carbocycles. The molecule has 0 bridgehead atoms. The van der Waals surface area contributed by atoms with Crippen LogP contribution in [0.3, 0.4) is 0 Å². The molecular weight excluding hydrogens is 404 g/mol. The number of rotatable bonds is 8. The molecule has 3 rings (SSSR count). The molecule has 0 N–H and O–H groups in total. The Morgan fingerprint density at radius 2 is 2.11 bits per heavy atom. The lowest BCUT2D eigenvalue weighted by Gasteiger charge is -2.09. The van der Waals surface area contributed by atoms with E-state index in [1.54, 1.807) is 31.3 Å². The summed E-state index contributed by atoms with van der Waals surface area (Å²) in [4.78, 5) is 4.29. The Morgan fingerprint density at radius 3 is 2.79 bits per heavy atom. The van der Waals surface area contributed by atoms with Crippen LogP contribution >= 0.6 is 23.5 Å². The molecule has 3 aromatic rings. The Balaban J connectivity index is 1.83. The molecule has 0 fully saturated rings. The number of hydrogen-bond acceptors (Lipinski definition) is 7. The minimum absolute atomic E-state index is 0.297. The molecule has 10 heteroatoms. The van der Waals surface area contributed by atoms with E-state index in [1.807, 2.05) is 36.4 Å². The Hall–Kier alpha value is -2.46. The van der Waals surface area contributed by atoms with Gasteiger partial charge in [0.2, 0.25) is 11.0 Å². The van der Waals surface area contributed by atoms with E-state index in [-0.39, 0.29) is 0 Å². The fourth-order valence-corrected chi connectivity index (χ4v) is 3.62. The average Bonchev–Trinajstić information content (AvgIpc) is 3.14. The van der Waals surface area contributed by atoms with E-state index in [9.17, 15) is 8.78 Å². The van der Waals surface area contributed by atoms with Crippen molar-refractivity contribution >= 4 is 29.7 Å². The number of methoxy groups -OCH3 is 1. The maximum atomic E-state index is 13.1. The van der Waals surface area contributed by atoms with Crippen molar-refractivity contribution in [3.63, 3.8) is 0 Å². The monoisotopic (exact) mass is 421 g/mol. The summed E-state index contributed by atoms with van der Waals surface area (Å²) in [6.07, 6.45) is 2.22. The first-order chi connectivity index (χ1) is 13.6. The molecule has 0 atom stereocenters. The number of nitrogens with zero attached hydrogens (tertiary/aromatic N) is 5. The van der Waals surface area contributed by atoms with E-state index in [0.29, 0.717) is 10.9 Å². The number of thioether (sulfide) groups is 2. The van der Waals surface area contributed by atoms with Crippen molar-refractivity contribution in [1.82, 2.24) is 19.9 Å². The smallest absolute Gasteiger partial charge is 0.299 e. The van der Waals surface area contributed by atoms with E-state index in [2.05, 4.69) is 20.3 Å². The summed E-state index contributed by atoms with van der Waals surface area (Å²) in [7, 11) is 1.61. The molecule has 0 saturated heterocycles. The number of benzene rings is 1. The molecule has 0 radical (unpaired) electrons. The van der Waals surface area contributed by atoms with Gasteiger partial charge in [0.1, 0.15) is 5.75 Å². The maximum absolute atomic E-state index is 13.1. The summed E-state index contributed by atoms with van der Waals surface area (Å²) in [5, 5.41) is 12.6. The molecule has 0 unspecified atom stereocenters. The average molecular weight is 421 g/mol. The summed E-state index contributed by atoms with van der Waals surface area (Å²) in [6, 6.07) is 11.3. The van der Waals surface area contributed by atoms with Gasteiger partial charge in [0.15, 0.2) is 0 Å². The molecule has 0 aliphatic rings. The third-order valence-corrected chi connectivity index (χ3v) is 5.27. The van der Waals surface area contributed by atoms with Crippen LogP contribution in [0, 0.1) is 0 Å². The van der Waals surface area contributed by atoms with E-state index < -0.39 is 12.2 Å². The largest absolute Gasteiger partial charge is 0.496 e. The van der Waals surface area contributed by atoms with Crippen molar-refractivity contribution < 1.29 is 13.5 Å². The molecule has 1 aromatic carbocycles. The van der Waals surface area contributed by atoms with Crippen LogP contribution in [0.5, 0.6) is 5.75 Å². The number of hydrogen-bond donors (Lipinski definition) is 0. The SMILES string of the molecule is COc1ccc(/C=N/n2c(SC)nnc2C(F)F)cc1CSc1ccccn1. The van der Waals surface area contributed by atoms with Crippen molar-refractivity contribution in [2.45, 2.75) is 22.4 Å². The van der Waals surface area contributed by atoms with Crippen LogP contribution in [-0.4, -0.2) is 39.4 Å². The number of alkyl halides is 2. The molecule has 2 heterocycles. The first-order valence-corrected chi connectivity index (χ1v) is 10.4. The highest BCUT2D eigenvalue weighted by Crippen LogP contribution is 2.28. The van der Waals surface area contributed by atoms with Crippen molar-refractivity contribution in [3.8, 4) is 5.75 Å². The van der Waals surface area contributed by atoms with Gasteiger partial charge < -0.3 is 4.74 Å². The molecule has 0 aliphatic carbocycles. The van der Waals surface area contributed by atoms with Crippen molar-refractivity contribution in [2.24, 2.45) is 5.10 Å². The zero-order valence-electron chi connectivity index (χ0n) is 15.1. The van der Waals surface area contributed by atoms with E-state index in [0.717, 1.165) is 26.6 Å². The Morgan fingerprint density at radius 1 is 1.25 bits per heavy atom. The van der Waals surface area contributed by atoms with Crippen LogP contribution in [0.1, 0.15) is 23.4 Å². The maximum Gasteiger partial charge on any atom is 0.299 e. The number of pyridine rings is 1. The first-order valence-electron chi connectivity index (χ1n) is 8.15. The second kappa shape index (κ2) is 9.65. The fraction of sp³-hybridized carbons (Fsp3) is 0.222. The third kappa shape index (κ3) is 4.87. The number of ether oxygens (including phenoxy) is 1. The summed E-state index contributed by atoms with van der Waals surface area (Å²) in [5.41, 5.74) is 1.70. The molecule has 2 aromatic heterocycles. The number of halogens is 2. The highest BCUT2D eigenvalue weighted by molar-refractivity contribution is 7.98. The standard InChI is InChI=1S/C18H17F2N5OS2/c1-26-14-7-6-12(9-13(14)11-28-15-5-3-4-8-21-15)10-22-25-17(16(19)20)23-24-18(25)27-2/h3-10,16H,11H2,1-2H3/b22-10+. The Labute approximate surface area is 169 Å². The normalized spacial score (nSPS) is 11.5. The Bertz CT molecular complexity index is 950. The zero-order valence-corrected chi connectivity index (χ0v) is 16.8. The summed E-state index contributed by atoms with van der Waals surface area (Å²) < 4.78 is 32.7. The van der Waals surface area contributed by atoms with Gasteiger partial charge in [0.25, 0.3) is 6.43 Å². The minimum atomic E-state index is -2.76. The summed E-state index contributed by atoms with van der Waals surface area (Å²) in [5.74, 6) is 0.898. The van der Waals surface area contributed by atoms with Crippen LogP contribution in [0.15, 0.2) is 57.9 Å². The van der Waals surface area contributed by atoms with Crippen LogP contribution in [0.4, 0.5) is 8.78 Å². The lowest BCUT2D eigenvalue weighted by Crippen LogP contribution is -2.01. The first kappa shape index (κ1) is 20.3. The van der Waals surface area contributed by atoms with Crippen LogP contribution < -0.4 is 4.74 Å². The van der Waals surface area contributed by atoms with Crippen LogP contribution in [0.25, 0.3) is 0 Å². The predicted octanol–water partition coefficient (Wildman–Crippen LogP) is 4.52. The van der Waals surface area contributed by atoms with Crippen molar-refractivity contribution in [1.29, 1.82) is 0 Å². The van der Waals surface area contributed by atoms with Gasteiger partial charge in [-0.05, 0) is 42.2 Å². The van der Waals surface area contributed by atoms with Crippen LogP contribution in [-0.2, 0) is 5.75 Å². The van der Waals surface area contributed by atoms with Gasteiger partial charge in [-0.15, -0.1) is 22.0 Å². The van der Waals surface area contributed by atoms with E-state index in [4.69, 9.17) is 4.74 Å². The molecule has 0 aliphatic heterocycles. The lowest BCUT2D eigenvalue weighted by molar-refractivity contribution is 0.135. The molecule has 0 spiro atoms. The Kier molecular flexibility index (Phi) is 6.99. The van der Waals surface area contributed by atoms with Gasteiger partial charge >= 0.3 is 0 Å². The lowest BCUT2D eigenvalue weighted by atomic mass is 10.1. The van der Waals surface area contributed by atoms with Gasteiger partial charge in [-0.3, -0.25) is 0 Å². The van der Waals surface area contributed by atoms with Crippen molar-refractivity contribution in [2.75, 3.05) is 13.4 Å². The highest BCUT2D eigenvalue weighted by Gasteiger charge is 2.19. The highest BCUT2D eigenvalue weighted by atomic mass is 32.2. The van der Waals surface area contributed by atoms with Crippen LogP contribution in [0.2, 0.25) is 0 Å². The predicted molar refractivity (Wildman–Crippen MR) is 107 cm³/mol. The van der Waals surface area contributed by atoms with Gasteiger partial charge in [0, 0.05) is 17.5 Å². The quantitative estimate of drug-likeness (QED) is 0.394. The van der Waals surface area contributed by atoms with Gasteiger partial charge in [-0.1, -0.05) is 17.8 Å². The molecule has 0 amide bonds. The number of aromatic nitrogens is 4. The van der Waals surface area contributed by atoms with Gasteiger partial charge in [0.05, 0.1) is 18.4 Å².